The van der Waals surface area contributed by atoms with E-state index in [9.17, 15) is 14.4 Å². The predicted octanol–water partition coefficient (Wildman–Crippen LogP) is 1.88. The standard InChI is InChI=1S/C25H32N4O4/c1-17-5-3-6-18(13-17)24(31)26-14-23(30)27-19-15-28(16-19)20-8-10-21(11-9-20)29-12-4-7-22(33-2)25(29)32/h3-7,12-13,19-21H,8-11,14-16H2,1-2H3,(H,26,31)(H,27,30). The third-order valence-corrected chi connectivity index (χ3v) is 6.70. The van der Waals surface area contributed by atoms with E-state index in [4.69, 9.17) is 4.74 Å². The van der Waals surface area contributed by atoms with Crippen LogP contribution in [0.5, 0.6) is 5.75 Å². The predicted molar refractivity (Wildman–Crippen MR) is 126 cm³/mol. The number of rotatable bonds is 7. The first-order valence-electron chi connectivity index (χ1n) is 11.6. The molecule has 8 heteroatoms. The minimum absolute atomic E-state index is 0.0241. The smallest absolute Gasteiger partial charge is 0.293 e. The van der Waals surface area contributed by atoms with Crippen LogP contribution in [0.4, 0.5) is 0 Å². The van der Waals surface area contributed by atoms with E-state index >= 15 is 0 Å². The van der Waals surface area contributed by atoms with Crippen LogP contribution in [-0.2, 0) is 4.79 Å². The number of aryl methyl sites for hydroxylation is 1. The molecule has 2 amide bonds. The fourth-order valence-corrected chi connectivity index (χ4v) is 4.86. The Morgan fingerprint density at radius 1 is 1.06 bits per heavy atom. The van der Waals surface area contributed by atoms with Gasteiger partial charge in [0.25, 0.3) is 11.5 Å². The molecule has 1 aromatic heterocycles. The van der Waals surface area contributed by atoms with Crippen molar-refractivity contribution in [2.45, 2.75) is 50.7 Å². The largest absolute Gasteiger partial charge is 0.491 e. The Kier molecular flexibility index (Phi) is 7.13. The Bertz CT molecular complexity index is 1050. The monoisotopic (exact) mass is 452 g/mol. The first-order chi connectivity index (χ1) is 15.9. The fraction of sp³-hybridized carbons (Fsp3) is 0.480. The molecule has 2 aromatic rings. The van der Waals surface area contributed by atoms with Crippen molar-refractivity contribution in [3.63, 3.8) is 0 Å². The van der Waals surface area contributed by atoms with Gasteiger partial charge in [-0.2, -0.15) is 0 Å². The molecular formula is C25H32N4O4. The summed E-state index contributed by atoms with van der Waals surface area (Å²) in [7, 11) is 1.52. The van der Waals surface area contributed by atoms with Gasteiger partial charge in [-0.15, -0.1) is 0 Å². The maximum absolute atomic E-state index is 12.5. The van der Waals surface area contributed by atoms with E-state index in [1.54, 1.807) is 22.8 Å². The number of nitrogens with one attached hydrogen (secondary N) is 2. The van der Waals surface area contributed by atoms with Crippen LogP contribution in [0, 0.1) is 6.92 Å². The number of carbonyl (C=O) groups excluding carboxylic acids is 2. The van der Waals surface area contributed by atoms with Gasteiger partial charge in [-0.1, -0.05) is 17.7 Å². The van der Waals surface area contributed by atoms with Crippen molar-refractivity contribution in [3.05, 3.63) is 64.1 Å². The highest BCUT2D eigenvalue weighted by Gasteiger charge is 2.35. The second kappa shape index (κ2) is 10.2. The highest BCUT2D eigenvalue weighted by atomic mass is 16.5. The minimum atomic E-state index is -0.240. The molecule has 2 N–H and O–H groups in total. The SMILES string of the molecule is COc1cccn(C2CCC(N3CC(NC(=O)CNC(=O)c4cccc(C)c4)C3)CC2)c1=O. The molecule has 1 aliphatic heterocycles. The van der Waals surface area contributed by atoms with E-state index in [1.165, 1.54) is 7.11 Å². The van der Waals surface area contributed by atoms with Crippen molar-refractivity contribution in [1.29, 1.82) is 0 Å². The quantitative estimate of drug-likeness (QED) is 0.669. The number of methoxy groups -OCH3 is 1. The Morgan fingerprint density at radius 2 is 1.79 bits per heavy atom. The Hall–Kier alpha value is -3.13. The van der Waals surface area contributed by atoms with Crippen LogP contribution < -0.4 is 20.9 Å². The molecule has 0 spiro atoms. The zero-order valence-electron chi connectivity index (χ0n) is 19.3. The van der Waals surface area contributed by atoms with Gasteiger partial charge in [0.15, 0.2) is 5.75 Å². The van der Waals surface area contributed by atoms with Gasteiger partial charge in [-0.05, 0) is 56.9 Å². The Labute approximate surface area is 193 Å². The number of ether oxygens (including phenoxy) is 1. The number of pyridine rings is 1. The number of likely N-dealkylation sites (tertiary alicyclic amines) is 1. The lowest BCUT2D eigenvalue weighted by atomic mass is 9.87. The van der Waals surface area contributed by atoms with Crippen molar-refractivity contribution < 1.29 is 14.3 Å². The van der Waals surface area contributed by atoms with Gasteiger partial charge in [0.2, 0.25) is 5.91 Å². The van der Waals surface area contributed by atoms with E-state index < -0.39 is 0 Å². The molecule has 33 heavy (non-hydrogen) atoms. The van der Waals surface area contributed by atoms with Gasteiger partial charge >= 0.3 is 0 Å². The molecule has 1 saturated carbocycles. The highest BCUT2D eigenvalue weighted by molar-refractivity contribution is 5.96. The Balaban J connectivity index is 1.17. The fourth-order valence-electron chi connectivity index (χ4n) is 4.86. The van der Waals surface area contributed by atoms with E-state index in [0.29, 0.717) is 17.4 Å². The van der Waals surface area contributed by atoms with E-state index in [-0.39, 0.29) is 36.0 Å². The lowest BCUT2D eigenvalue weighted by Crippen LogP contribution is -2.63. The van der Waals surface area contributed by atoms with E-state index in [1.807, 2.05) is 31.3 Å². The van der Waals surface area contributed by atoms with Gasteiger partial charge in [-0.3, -0.25) is 19.3 Å². The summed E-state index contributed by atoms with van der Waals surface area (Å²) in [5.74, 6) is -0.0197. The highest BCUT2D eigenvalue weighted by Crippen LogP contribution is 2.32. The molecule has 0 bridgehead atoms. The van der Waals surface area contributed by atoms with E-state index in [0.717, 1.165) is 44.3 Å². The van der Waals surface area contributed by atoms with Crippen LogP contribution in [0.25, 0.3) is 0 Å². The molecule has 2 aliphatic rings. The van der Waals surface area contributed by atoms with E-state index in [2.05, 4.69) is 15.5 Å². The number of hydrogen-bond donors (Lipinski definition) is 2. The second-order valence-corrected chi connectivity index (χ2v) is 9.02. The van der Waals surface area contributed by atoms with Gasteiger partial charge < -0.3 is 19.9 Å². The number of aromatic nitrogens is 1. The first-order valence-corrected chi connectivity index (χ1v) is 11.6. The number of amides is 2. The second-order valence-electron chi connectivity index (χ2n) is 9.02. The summed E-state index contributed by atoms with van der Waals surface area (Å²) in [5.41, 5.74) is 1.50. The van der Waals surface area contributed by atoms with Gasteiger partial charge in [-0.25, -0.2) is 0 Å². The van der Waals surface area contributed by atoms with Crippen molar-refractivity contribution in [2.24, 2.45) is 0 Å². The molecule has 1 saturated heterocycles. The summed E-state index contributed by atoms with van der Waals surface area (Å²) >= 11 is 0. The zero-order valence-corrected chi connectivity index (χ0v) is 19.3. The normalized spacial score (nSPS) is 21.2. The third-order valence-electron chi connectivity index (χ3n) is 6.70. The van der Waals surface area contributed by atoms with Crippen molar-refractivity contribution in [3.8, 4) is 5.75 Å². The molecule has 1 aromatic carbocycles. The molecule has 0 radical (unpaired) electrons. The number of carbonyl (C=O) groups is 2. The van der Waals surface area contributed by atoms with Crippen molar-refractivity contribution >= 4 is 11.8 Å². The number of nitrogens with zero attached hydrogens (tertiary/aromatic N) is 2. The molecule has 1 aliphatic carbocycles. The third kappa shape index (κ3) is 5.45. The molecule has 4 rings (SSSR count). The molecule has 2 heterocycles. The first kappa shape index (κ1) is 23.0. The molecule has 176 valence electrons. The van der Waals surface area contributed by atoms with Crippen LogP contribution >= 0.6 is 0 Å². The van der Waals surface area contributed by atoms with Crippen LogP contribution in [0.15, 0.2) is 47.4 Å². The average molecular weight is 453 g/mol. The summed E-state index contributed by atoms with van der Waals surface area (Å²) in [5, 5.41) is 5.69. The van der Waals surface area contributed by atoms with Gasteiger partial charge in [0.1, 0.15) is 0 Å². The Morgan fingerprint density at radius 3 is 2.48 bits per heavy atom. The summed E-state index contributed by atoms with van der Waals surface area (Å²) in [6.07, 6.45) is 5.82. The van der Waals surface area contributed by atoms with Crippen LogP contribution in [0.1, 0.15) is 47.6 Å². The summed E-state index contributed by atoms with van der Waals surface area (Å²) in [6, 6.07) is 11.7. The average Bonchev–Trinajstić information content (AvgIpc) is 2.80. The maximum Gasteiger partial charge on any atom is 0.293 e. The van der Waals surface area contributed by atoms with Crippen molar-refractivity contribution in [1.82, 2.24) is 20.1 Å². The van der Waals surface area contributed by atoms with Crippen molar-refractivity contribution in [2.75, 3.05) is 26.7 Å². The molecular weight excluding hydrogens is 420 g/mol. The lowest BCUT2D eigenvalue weighted by Gasteiger charge is -2.46. The van der Waals surface area contributed by atoms with Crippen LogP contribution in [0.2, 0.25) is 0 Å². The van der Waals surface area contributed by atoms with Crippen LogP contribution in [0.3, 0.4) is 0 Å². The molecule has 0 atom stereocenters. The van der Waals surface area contributed by atoms with Gasteiger partial charge in [0.05, 0.1) is 19.7 Å². The summed E-state index contributed by atoms with van der Waals surface area (Å²) in [4.78, 5) is 39.3. The topological polar surface area (TPSA) is 92.7 Å². The summed E-state index contributed by atoms with van der Waals surface area (Å²) in [6.45, 7) is 3.55. The summed E-state index contributed by atoms with van der Waals surface area (Å²) < 4.78 is 6.97. The molecule has 2 fully saturated rings. The minimum Gasteiger partial charge on any atom is -0.491 e. The maximum atomic E-state index is 12.5. The zero-order chi connectivity index (χ0) is 23.4. The number of hydrogen-bond acceptors (Lipinski definition) is 5. The molecule has 8 nitrogen and oxygen atoms in total. The lowest BCUT2D eigenvalue weighted by molar-refractivity contribution is -0.122. The number of benzene rings is 1. The van der Waals surface area contributed by atoms with Gasteiger partial charge in [0, 0.05) is 36.9 Å². The molecule has 0 unspecified atom stereocenters. The van der Waals surface area contributed by atoms with Crippen LogP contribution in [-0.4, -0.2) is 60.1 Å².